The molecule has 20 heavy (non-hydrogen) atoms. The molecule has 0 bridgehead atoms. The van der Waals surface area contributed by atoms with Gasteiger partial charge in [-0.15, -0.1) is 0 Å². The first-order valence-electron chi connectivity index (χ1n) is 6.35. The van der Waals surface area contributed by atoms with Crippen LogP contribution in [0, 0.1) is 5.95 Å². The topological polar surface area (TPSA) is 51.2 Å². The molecule has 2 aromatic rings. The van der Waals surface area contributed by atoms with Crippen molar-refractivity contribution in [1.29, 1.82) is 0 Å². The Morgan fingerprint density at radius 1 is 1.35 bits per heavy atom. The predicted octanol–water partition coefficient (Wildman–Crippen LogP) is 3.26. The maximum Gasteiger partial charge on any atom is 0.255 e. The molecule has 0 aliphatic rings. The van der Waals surface area contributed by atoms with Crippen LogP contribution in [-0.2, 0) is 0 Å². The Balaban J connectivity index is 2.15. The molecule has 0 radical (unpaired) electrons. The molecule has 0 atom stereocenters. The highest BCUT2D eigenvalue weighted by atomic mass is 19.1. The summed E-state index contributed by atoms with van der Waals surface area (Å²) in [5, 5.41) is 2.70. The zero-order valence-electron chi connectivity index (χ0n) is 11.1. The van der Waals surface area contributed by atoms with E-state index in [2.05, 4.69) is 10.3 Å². The van der Waals surface area contributed by atoms with Crippen LogP contribution in [0.25, 0.3) is 0 Å². The van der Waals surface area contributed by atoms with E-state index in [4.69, 9.17) is 4.74 Å². The van der Waals surface area contributed by atoms with E-state index in [0.29, 0.717) is 18.0 Å². The zero-order chi connectivity index (χ0) is 14.4. The normalized spacial score (nSPS) is 10.1. The largest absolute Gasteiger partial charge is 0.491 e. The maximum atomic E-state index is 13.0. The van der Waals surface area contributed by atoms with E-state index in [9.17, 15) is 9.18 Å². The van der Waals surface area contributed by atoms with Gasteiger partial charge in [-0.25, -0.2) is 4.98 Å². The minimum Gasteiger partial charge on any atom is -0.491 e. The number of carbonyl (C=O) groups excluding carboxylic acids is 1. The first-order chi connectivity index (χ1) is 9.70. The molecule has 1 aromatic carbocycles. The SMILES string of the molecule is CCCOc1ccccc1NC(=O)c1ccnc(F)c1. The summed E-state index contributed by atoms with van der Waals surface area (Å²) in [6, 6.07) is 9.67. The van der Waals surface area contributed by atoms with Gasteiger partial charge in [0.1, 0.15) is 5.75 Å². The van der Waals surface area contributed by atoms with Crippen LogP contribution in [-0.4, -0.2) is 17.5 Å². The molecule has 0 unspecified atom stereocenters. The number of aromatic nitrogens is 1. The van der Waals surface area contributed by atoms with Crippen LogP contribution >= 0.6 is 0 Å². The van der Waals surface area contributed by atoms with Crippen molar-refractivity contribution in [1.82, 2.24) is 4.98 Å². The first-order valence-corrected chi connectivity index (χ1v) is 6.35. The summed E-state index contributed by atoms with van der Waals surface area (Å²) in [7, 11) is 0. The van der Waals surface area contributed by atoms with Crippen molar-refractivity contribution >= 4 is 11.6 Å². The third-order valence-electron chi connectivity index (χ3n) is 2.59. The van der Waals surface area contributed by atoms with E-state index in [1.54, 1.807) is 18.2 Å². The average molecular weight is 274 g/mol. The number of benzene rings is 1. The number of pyridine rings is 1. The van der Waals surface area contributed by atoms with Gasteiger partial charge in [0.25, 0.3) is 5.91 Å². The molecule has 0 aliphatic carbocycles. The van der Waals surface area contributed by atoms with Crippen LogP contribution in [0.1, 0.15) is 23.7 Å². The lowest BCUT2D eigenvalue weighted by atomic mass is 10.2. The number of rotatable bonds is 5. The monoisotopic (exact) mass is 274 g/mol. The number of hydrogen-bond acceptors (Lipinski definition) is 3. The van der Waals surface area contributed by atoms with Crippen molar-refractivity contribution in [3.8, 4) is 5.75 Å². The molecule has 5 heteroatoms. The van der Waals surface area contributed by atoms with E-state index in [1.807, 2.05) is 13.0 Å². The van der Waals surface area contributed by atoms with Crippen LogP contribution in [0.4, 0.5) is 10.1 Å². The molecule has 0 saturated heterocycles. The fourth-order valence-electron chi connectivity index (χ4n) is 1.65. The van der Waals surface area contributed by atoms with Gasteiger partial charge in [-0.2, -0.15) is 4.39 Å². The van der Waals surface area contributed by atoms with Crippen molar-refractivity contribution in [2.75, 3.05) is 11.9 Å². The highest BCUT2D eigenvalue weighted by Crippen LogP contribution is 2.24. The first kappa shape index (κ1) is 14.0. The van der Waals surface area contributed by atoms with Gasteiger partial charge in [0, 0.05) is 17.8 Å². The number of carbonyl (C=O) groups is 1. The molecule has 0 aliphatic heterocycles. The molecular formula is C15H15FN2O2. The number of nitrogens with zero attached hydrogens (tertiary/aromatic N) is 1. The molecule has 1 aromatic heterocycles. The summed E-state index contributed by atoms with van der Waals surface area (Å²) >= 11 is 0. The number of halogens is 1. The number of ether oxygens (including phenoxy) is 1. The van der Waals surface area contributed by atoms with E-state index in [1.165, 1.54) is 12.3 Å². The van der Waals surface area contributed by atoms with Crippen LogP contribution in [0.15, 0.2) is 42.6 Å². The second-order valence-electron chi connectivity index (χ2n) is 4.17. The highest BCUT2D eigenvalue weighted by Gasteiger charge is 2.10. The molecule has 1 heterocycles. The minimum absolute atomic E-state index is 0.211. The van der Waals surface area contributed by atoms with Crippen LogP contribution in [0.2, 0.25) is 0 Å². The van der Waals surface area contributed by atoms with Gasteiger partial charge in [0.15, 0.2) is 0 Å². The Morgan fingerprint density at radius 2 is 2.15 bits per heavy atom. The van der Waals surface area contributed by atoms with Crippen LogP contribution in [0.5, 0.6) is 5.75 Å². The summed E-state index contributed by atoms with van der Waals surface area (Å²) < 4.78 is 18.5. The Bertz CT molecular complexity index is 602. The molecule has 1 N–H and O–H groups in total. The van der Waals surface area contributed by atoms with E-state index in [-0.39, 0.29) is 5.56 Å². The molecule has 0 fully saturated rings. The van der Waals surface area contributed by atoms with Crippen molar-refractivity contribution in [3.05, 3.63) is 54.1 Å². The standard InChI is InChI=1S/C15H15FN2O2/c1-2-9-20-13-6-4-3-5-12(13)18-15(19)11-7-8-17-14(16)10-11/h3-8,10H,2,9H2,1H3,(H,18,19). The van der Waals surface area contributed by atoms with Gasteiger partial charge in [-0.1, -0.05) is 19.1 Å². The lowest BCUT2D eigenvalue weighted by Crippen LogP contribution is -2.13. The van der Waals surface area contributed by atoms with E-state index in [0.717, 1.165) is 12.5 Å². The Hall–Kier alpha value is -2.43. The average Bonchev–Trinajstić information content (AvgIpc) is 2.46. The maximum absolute atomic E-state index is 13.0. The molecule has 0 spiro atoms. The molecule has 104 valence electrons. The molecule has 4 nitrogen and oxygen atoms in total. The Kier molecular flexibility index (Phi) is 4.65. The van der Waals surface area contributed by atoms with Crippen LogP contribution < -0.4 is 10.1 Å². The lowest BCUT2D eigenvalue weighted by Gasteiger charge is -2.11. The van der Waals surface area contributed by atoms with Gasteiger partial charge in [0.05, 0.1) is 12.3 Å². The van der Waals surface area contributed by atoms with Gasteiger partial charge in [-0.3, -0.25) is 4.79 Å². The molecule has 0 saturated carbocycles. The van der Waals surface area contributed by atoms with E-state index >= 15 is 0 Å². The van der Waals surface area contributed by atoms with Gasteiger partial charge in [0.2, 0.25) is 5.95 Å². The van der Waals surface area contributed by atoms with Gasteiger partial charge in [-0.05, 0) is 24.6 Å². The summed E-state index contributed by atoms with van der Waals surface area (Å²) in [5.74, 6) is -0.496. The fourth-order valence-corrected chi connectivity index (χ4v) is 1.65. The molecule has 2 rings (SSSR count). The summed E-state index contributed by atoms with van der Waals surface area (Å²) in [4.78, 5) is 15.4. The number of para-hydroxylation sites is 2. The van der Waals surface area contributed by atoms with Crippen molar-refractivity contribution in [3.63, 3.8) is 0 Å². The Morgan fingerprint density at radius 3 is 2.90 bits per heavy atom. The second kappa shape index (κ2) is 6.65. The predicted molar refractivity (Wildman–Crippen MR) is 74.4 cm³/mol. The van der Waals surface area contributed by atoms with E-state index < -0.39 is 11.9 Å². The highest BCUT2D eigenvalue weighted by molar-refractivity contribution is 6.04. The van der Waals surface area contributed by atoms with Gasteiger partial charge < -0.3 is 10.1 Å². The third-order valence-corrected chi connectivity index (χ3v) is 2.59. The van der Waals surface area contributed by atoms with Crippen molar-refractivity contribution in [2.45, 2.75) is 13.3 Å². The van der Waals surface area contributed by atoms with Crippen molar-refractivity contribution < 1.29 is 13.9 Å². The minimum atomic E-state index is -0.687. The Labute approximate surface area is 116 Å². The number of nitrogens with one attached hydrogen (secondary N) is 1. The summed E-state index contributed by atoms with van der Waals surface area (Å²) in [5.41, 5.74) is 0.769. The number of anilines is 1. The quantitative estimate of drug-likeness (QED) is 0.851. The summed E-state index contributed by atoms with van der Waals surface area (Å²) in [6.07, 6.45) is 2.13. The number of hydrogen-bond donors (Lipinski definition) is 1. The van der Waals surface area contributed by atoms with Gasteiger partial charge >= 0.3 is 0 Å². The second-order valence-corrected chi connectivity index (χ2v) is 4.17. The number of amides is 1. The molecular weight excluding hydrogens is 259 g/mol. The fraction of sp³-hybridized carbons (Fsp3) is 0.200. The lowest BCUT2D eigenvalue weighted by molar-refractivity contribution is 0.102. The summed E-state index contributed by atoms with van der Waals surface area (Å²) in [6.45, 7) is 2.57. The third kappa shape index (κ3) is 3.54. The van der Waals surface area contributed by atoms with Crippen molar-refractivity contribution in [2.24, 2.45) is 0 Å². The smallest absolute Gasteiger partial charge is 0.255 e. The zero-order valence-corrected chi connectivity index (χ0v) is 11.1. The molecule has 1 amide bonds. The van der Waals surface area contributed by atoms with Crippen LogP contribution in [0.3, 0.4) is 0 Å².